The van der Waals surface area contributed by atoms with Crippen molar-refractivity contribution in [3.8, 4) is 0 Å². The molecule has 0 spiro atoms. The first-order chi connectivity index (χ1) is 12.0. The van der Waals surface area contributed by atoms with Crippen LogP contribution < -0.4 is 0 Å². The summed E-state index contributed by atoms with van der Waals surface area (Å²) in [5, 5.41) is 14.3. The molecule has 0 aromatic heterocycles. The van der Waals surface area contributed by atoms with Crippen molar-refractivity contribution in [2.45, 2.75) is 51.9 Å². The average Bonchev–Trinajstić information content (AvgIpc) is 2.59. The highest BCUT2D eigenvalue weighted by atomic mass is 16.3. The van der Waals surface area contributed by atoms with Crippen molar-refractivity contribution in [1.29, 1.82) is 0 Å². The molecule has 3 aromatic carbocycles. The lowest BCUT2D eigenvalue weighted by Crippen LogP contribution is -2.17. The monoisotopic (exact) mass is 334 g/mol. The van der Waals surface area contributed by atoms with Crippen molar-refractivity contribution >= 4 is 21.5 Å². The summed E-state index contributed by atoms with van der Waals surface area (Å²) >= 11 is 0. The SMILES string of the molecule is CC(CCO)CCCC(C)(C)c1ccc2cc3ccccc3cc2c1. The third-order valence-corrected chi connectivity index (χ3v) is 5.61. The van der Waals surface area contributed by atoms with Crippen LogP contribution in [-0.2, 0) is 5.41 Å². The van der Waals surface area contributed by atoms with Gasteiger partial charge in [-0.3, -0.25) is 0 Å². The zero-order valence-electron chi connectivity index (χ0n) is 15.8. The standard InChI is InChI=1S/C24H30O/c1-18(12-14-25)7-6-13-24(2,3)23-11-10-21-15-19-8-4-5-9-20(19)16-22(21)17-23/h4-5,8-11,15-18,25H,6-7,12-14H2,1-3H3. The summed E-state index contributed by atoms with van der Waals surface area (Å²) in [5.41, 5.74) is 1.60. The molecule has 0 fully saturated rings. The van der Waals surface area contributed by atoms with E-state index in [0.717, 1.165) is 6.42 Å². The first-order valence-electron chi connectivity index (χ1n) is 9.53. The van der Waals surface area contributed by atoms with Gasteiger partial charge in [-0.2, -0.15) is 0 Å². The molecule has 132 valence electrons. The molecule has 0 aliphatic rings. The van der Waals surface area contributed by atoms with Gasteiger partial charge in [-0.1, -0.05) is 76.1 Å². The maximum atomic E-state index is 9.05. The number of hydrogen-bond donors (Lipinski definition) is 1. The Labute approximate surface area is 151 Å². The quantitative estimate of drug-likeness (QED) is 0.492. The van der Waals surface area contributed by atoms with Crippen LogP contribution in [0.3, 0.4) is 0 Å². The van der Waals surface area contributed by atoms with Gasteiger partial charge in [0.15, 0.2) is 0 Å². The molecule has 1 heteroatoms. The van der Waals surface area contributed by atoms with Gasteiger partial charge < -0.3 is 5.11 Å². The van der Waals surface area contributed by atoms with Gasteiger partial charge in [-0.15, -0.1) is 0 Å². The van der Waals surface area contributed by atoms with Crippen molar-refractivity contribution < 1.29 is 5.11 Å². The van der Waals surface area contributed by atoms with Crippen LogP contribution in [0.15, 0.2) is 54.6 Å². The molecule has 0 bridgehead atoms. The van der Waals surface area contributed by atoms with Crippen LogP contribution in [0.4, 0.5) is 0 Å². The van der Waals surface area contributed by atoms with Gasteiger partial charge in [0.05, 0.1) is 0 Å². The number of benzene rings is 3. The van der Waals surface area contributed by atoms with Crippen molar-refractivity contribution in [2.75, 3.05) is 6.61 Å². The van der Waals surface area contributed by atoms with E-state index in [1.807, 2.05) is 0 Å². The predicted octanol–water partition coefficient (Wildman–Crippen LogP) is 6.46. The Morgan fingerprint density at radius 3 is 2.16 bits per heavy atom. The minimum Gasteiger partial charge on any atom is -0.396 e. The average molecular weight is 335 g/mol. The van der Waals surface area contributed by atoms with Gasteiger partial charge in [-0.05, 0) is 63.4 Å². The largest absolute Gasteiger partial charge is 0.396 e. The number of hydrogen-bond acceptors (Lipinski definition) is 1. The third kappa shape index (κ3) is 4.22. The lowest BCUT2D eigenvalue weighted by molar-refractivity contribution is 0.254. The lowest BCUT2D eigenvalue weighted by Gasteiger charge is -2.26. The van der Waals surface area contributed by atoms with Crippen LogP contribution >= 0.6 is 0 Å². The Bertz CT molecular complexity index is 847. The zero-order chi connectivity index (χ0) is 17.9. The molecule has 0 aliphatic carbocycles. The minimum absolute atomic E-state index is 0.179. The molecule has 1 atom stereocenters. The fraction of sp³-hybridized carbons (Fsp3) is 0.417. The van der Waals surface area contributed by atoms with Crippen molar-refractivity contribution in [3.63, 3.8) is 0 Å². The Morgan fingerprint density at radius 1 is 0.840 bits per heavy atom. The Kier molecular flexibility index (Phi) is 5.44. The molecule has 0 heterocycles. The van der Waals surface area contributed by atoms with E-state index in [1.165, 1.54) is 46.4 Å². The van der Waals surface area contributed by atoms with Crippen LogP contribution in [-0.4, -0.2) is 11.7 Å². The van der Waals surface area contributed by atoms with Crippen LogP contribution in [0.25, 0.3) is 21.5 Å². The van der Waals surface area contributed by atoms with E-state index in [1.54, 1.807) is 0 Å². The molecule has 25 heavy (non-hydrogen) atoms. The van der Waals surface area contributed by atoms with Crippen LogP contribution in [0.2, 0.25) is 0 Å². The summed E-state index contributed by atoms with van der Waals surface area (Å²) in [5.74, 6) is 0.615. The molecule has 0 aliphatic heterocycles. The van der Waals surface area contributed by atoms with Gasteiger partial charge in [0.25, 0.3) is 0 Å². The van der Waals surface area contributed by atoms with Crippen LogP contribution in [0, 0.1) is 5.92 Å². The summed E-state index contributed by atoms with van der Waals surface area (Å²) in [6.07, 6.45) is 4.51. The summed E-state index contributed by atoms with van der Waals surface area (Å²) in [6.45, 7) is 7.26. The van der Waals surface area contributed by atoms with Crippen LogP contribution in [0.1, 0.15) is 52.0 Å². The fourth-order valence-corrected chi connectivity index (χ4v) is 3.76. The highest BCUT2D eigenvalue weighted by Gasteiger charge is 2.20. The summed E-state index contributed by atoms with van der Waals surface area (Å²) in [7, 11) is 0. The molecule has 0 amide bonds. The molecular formula is C24H30O. The van der Waals surface area contributed by atoms with Crippen molar-refractivity contribution in [2.24, 2.45) is 5.92 Å². The first kappa shape index (κ1) is 17.9. The Hall–Kier alpha value is -1.86. The van der Waals surface area contributed by atoms with E-state index in [0.29, 0.717) is 12.5 Å². The van der Waals surface area contributed by atoms with E-state index in [2.05, 4.69) is 75.4 Å². The molecule has 0 radical (unpaired) electrons. The Balaban J connectivity index is 1.80. The van der Waals surface area contributed by atoms with Crippen LogP contribution in [0.5, 0.6) is 0 Å². The van der Waals surface area contributed by atoms with E-state index in [4.69, 9.17) is 5.11 Å². The number of rotatable bonds is 7. The highest BCUT2D eigenvalue weighted by molar-refractivity contribution is 5.98. The number of aliphatic hydroxyl groups is 1. The van der Waals surface area contributed by atoms with Gasteiger partial charge in [0.2, 0.25) is 0 Å². The lowest BCUT2D eigenvalue weighted by atomic mass is 9.78. The normalized spacial score (nSPS) is 13.4. The maximum Gasteiger partial charge on any atom is 0.0433 e. The first-order valence-corrected chi connectivity index (χ1v) is 9.53. The summed E-state index contributed by atoms with van der Waals surface area (Å²) < 4.78 is 0. The molecule has 3 aromatic rings. The topological polar surface area (TPSA) is 20.2 Å². The molecule has 3 rings (SSSR count). The minimum atomic E-state index is 0.179. The smallest absolute Gasteiger partial charge is 0.0433 e. The third-order valence-electron chi connectivity index (χ3n) is 5.61. The Morgan fingerprint density at radius 2 is 1.48 bits per heavy atom. The molecule has 0 saturated heterocycles. The van der Waals surface area contributed by atoms with E-state index < -0.39 is 0 Å². The number of fused-ring (bicyclic) bond motifs is 2. The van der Waals surface area contributed by atoms with Gasteiger partial charge in [0.1, 0.15) is 0 Å². The molecule has 1 nitrogen and oxygen atoms in total. The van der Waals surface area contributed by atoms with Crippen molar-refractivity contribution in [3.05, 3.63) is 60.2 Å². The second kappa shape index (κ2) is 7.58. The van der Waals surface area contributed by atoms with Gasteiger partial charge in [0, 0.05) is 6.61 Å². The van der Waals surface area contributed by atoms with E-state index in [9.17, 15) is 0 Å². The molecule has 1 unspecified atom stereocenters. The second-order valence-electron chi connectivity index (χ2n) is 8.15. The zero-order valence-corrected chi connectivity index (χ0v) is 15.8. The van der Waals surface area contributed by atoms with Crippen molar-refractivity contribution in [1.82, 2.24) is 0 Å². The van der Waals surface area contributed by atoms with E-state index in [-0.39, 0.29) is 5.41 Å². The summed E-state index contributed by atoms with van der Waals surface area (Å²) in [4.78, 5) is 0. The highest BCUT2D eigenvalue weighted by Crippen LogP contribution is 2.33. The second-order valence-corrected chi connectivity index (χ2v) is 8.15. The molecular weight excluding hydrogens is 304 g/mol. The maximum absolute atomic E-state index is 9.05. The van der Waals surface area contributed by atoms with Gasteiger partial charge >= 0.3 is 0 Å². The number of aliphatic hydroxyl groups excluding tert-OH is 1. The van der Waals surface area contributed by atoms with Gasteiger partial charge in [-0.25, -0.2) is 0 Å². The molecule has 1 N–H and O–H groups in total. The fourth-order valence-electron chi connectivity index (χ4n) is 3.76. The van der Waals surface area contributed by atoms with E-state index >= 15 is 0 Å². The summed E-state index contributed by atoms with van der Waals surface area (Å²) in [6, 6.07) is 20.1. The predicted molar refractivity (Wildman–Crippen MR) is 109 cm³/mol. The molecule has 0 saturated carbocycles.